The van der Waals surface area contributed by atoms with E-state index in [0.29, 0.717) is 35.5 Å². The lowest BCUT2D eigenvalue weighted by atomic mass is 10.2. The molecular weight excluding hydrogens is 458 g/mol. The molecule has 2 N–H and O–H groups in total. The number of benzene rings is 2. The Balaban J connectivity index is 1.65. The molecule has 1 amide bonds. The second-order valence-electron chi connectivity index (χ2n) is 6.83. The van der Waals surface area contributed by atoms with Crippen molar-refractivity contribution in [3.63, 3.8) is 0 Å². The predicted octanol–water partition coefficient (Wildman–Crippen LogP) is 2.62. The fourth-order valence-corrected chi connectivity index (χ4v) is 4.57. The third-order valence-electron chi connectivity index (χ3n) is 4.59. The van der Waals surface area contributed by atoms with Crippen molar-refractivity contribution >= 4 is 37.5 Å². The number of rotatable bonds is 7. The first-order chi connectivity index (χ1) is 13.8. The van der Waals surface area contributed by atoms with Crippen LogP contribution >= 0.6 is 15.9 Å². The zero-order valence-electron chi connectivity index (χ0n) is 16.2. The minimum atomic E-state index is -3.83. The smallest absolute Gasteiger partial charge is 0.261 e. The van der Waals surface area contributed by atoms with Crippen molar-refractivity contribution in [2.45, 2.75) is 11.8 Å². The lowest BCUT2D eigenvalue weighted by Gasteiger charge is -2.26. The molecule has 156 valence electrons. The Kier molecular flexibility index (Phi) is 7.28. The van der Waals surface area contributed by atoms with Gasteiger partial charge in [0.05, 0.1) is 23.8 Å². The van der Waals surface area contributed by atoms with Gasteiger partial charge in [0.1, 0.15) is 0 Å². The summed E-state index contributed by atoms with van der Waals surface area (Å²) in [5.74, 6) is -0.299. The van der Waals surface area contributed by atoms with E-state index >= 15 is 0 Å². The number of morpholine rings is 1. The van der Waals surface area contributed by atoms with Crippen molar-refractivity contribution in [2.75, 3.05) is 44.1 Å². The van der Waals surface area contributed by atoms with E-state index in [1.54, 1.807) is 24.3 Å². The summed E-state index contributed by atoms with van der Waals surface area (Å²) in [6.07, 6.45) is 0. The highest BCUT2D eigenvalue weighted by Crippen LogP contribution is 2.26. The van der Waals surface area contributed by atoms with E-state index in [1.165, 1.54) is 12.1 Å². The molecule has 9 heteroatoms. The summed E-state index contributed by atoms with van der Waals surface area (Å²) in [5, 5.41) is 2.85. The van der Waals surface area contributed by atoms with Gasteiger partial charge in [0, 0.05) is 36.2 Å². The molecule has 0 bridgehead atoms. The molecular formula is C20H24BrN3O4S. The summed E-state index contributed by atoms with van der Waals surface area (Å²) in [6, 6.07) is 11.4. The molecule has 3 rings (SSSR count). The quantitative estimate of drug-likeness (QED) is 0.634. The minimum absolute atomic E-state index is 0.0340. The molecule has 29 heavy (non-hydrogen) atoms. The first-order valence-electron chi connectivity index (χ1n) is 9.32. The maximum Gasteiger partial charge on any atom is 0.261 e. The lowest BCUT2D eigenvalue weighted by molar-refractivity contribution is 0.0383. The number of carbonyl (C=O) groups excluding carboxylic acids is 1. The van der Waals surface area contributed by atoms with Crippen LogP contribution in [0, 0.1) is 6.92 Å². The Morgan fingerprint density at radius 3 is 2.69 bits per heavy atom. The van der Waals surface area contributed by atoms with E-state index < -0.39 is 10.0 Å². The number of nitrogens with one attached hydrogen (secondary N) is 2. The Labute approximate surface area is 179 Å². The second-order valence-corrected chi connectivity index (χ2v) is 9.36. The maximum absolute atomic E-state index is 12.8. The first-order valence-corrected chi connectivity index (χ1v) is 11.6. The summed E-state index contributed by atoms with van der Waals surface area (Å²) in [5.41, 5.74) is 1.68. The molecule has 1 aliphatic heterocycles. The van der Waals surface area contributed by atoms with Crippen molar-refractivity contribution in [2.24, 2.45) is 0 Å². The molecule has 1 heterocycles. The number of carbonyl (C=O) groups is 1. The summed E-state index contributed by atoms with van der Waals surface area (Å²) in [7, 11) is -3.83. The average molecular weight is 482 g/mol. The number of nitrogens with zero attached hydrogens (tertiary/aromatic N) is 1. The fourth-order valence-electron chi connectivity index (χ4n) is 2.98. The molecule has 1 saturated heterocycles. The Morgan fingerprint density at radius 2 is 1.93 bits per heavy atom. The largest absolute Gasteiger partial charge is 0.379 e. The molecule has 1 fully saturated rings. The van der Waals surface area contributed by atoms with E-state index in [9.17, 15) is 13.2 Å². The molecule has 0 aromatic heterocycles. The fraction of sp³-hybridized carbons (Fsp3) is 0.350. The molecule has 0 aliphatic carbocycles. The molecule has 0 saturated carbocycles. The monoisotopic (exact) mass is 481 g/mol. The van der Waals surface area contributed by atoms with Gasteiger partial charge in [-0.25, -0.2) is 8.42 Å². The van der Waals surface area contributed by atoms with E-state index in [0.717, 1.165) is 25.2 Å². The van der Waals surface area contributed by atoms with Crippen molar-refractivity contribution in [3.8, 4) is 0 Å². The molecule has 2 aromatic carbocycles. The maximum atomic E-state index is 12.8. The van der Waals surface area contributed by atoms with Gasteiger partial charge in [-0.15, -0.1) is 0 Å². The number of hydrogen-bond donors (Lipinski definition) is 2. The van der Waals surface area contributed by atoms with Crippen molar-refractivity contribution in [1.29, 1.82) is 0 Å². The minimum Gasteiger partial charge on any atom is -0.379 e. The van der Waals surface area contributed by atoms with E-state index in [1.807, 2.05) is 13.0 Å². The zero-order chi connectivity index (χ0) is 20.9. The van der Waals surface area contributed by atoms with Gasteiger partial charge < -0.3 is 10.1 Å². The second kappa shape index (κ2) is 9.71. The number of ether oxygens (including phenoxy) is 1. The number of amides is 1. The lowest BCUT2D eigenvalue weighted by Crippen LogP contribution is -2.41. The Hall–Kier alpha value is -1.94. The van der Waals surface area contributed by atoms with E-state index in [-0.39, 0.29) is 10.8 Å². The van der Waals surface area contributed by atoms with E-state index in [2.05, 4.69) is 30.9 Å². The SMILES string of the molecule is Cc1ccc(Br)c(NS(=O)(=O)c2cccc(C(=O)NCCN3CCOCC3)c2)c1. The van der Waals surface area contributed by atoms with Crippen LogP contribution in [0.2, 0.25) is 0 Å². The Bertz CT molecular complexity index is 975. The van der Waals surface area contributed by atoms with Crippen molar-refractivity contribution < 1.29 is 17.9 Å². The third kappa shape index (κ3) is 6.02. The van der Waals surface area contributed by atoms with Crippen LogP contribution in [0.1, 0.15) is 15.9 Å². The highest BCUT2D eigenvalue weighted by molar-refractivity contribution is 9.10. The van der Waals surface area contributed by atoms with Crippen LogP contribution < -0.4 is 10.0 Å². The van der Waals surface area contributed by atoms with Crippen molar-refractivity contribution in [3.05, 3.63) is 58.1 Å². The molecule has 0 unspecified atom stereocenters. The topological polar surface area (TPSA) is 87.7 Å². The number of hydrogen-bond acceptors (Lipinski definition) is 5. The van der Waals surface area contributed by atoms with Gasteiger partial charge in [0.2, 0.25) is 0 Å². The number of halogens is 1. The molecule has 0 atom stereocenters. The highest BCUT2D eigenvalue weighted by atomic mass is 79.9. The van der Waals surface area contributed by atoms with Gasteiger partial charge in [0.15, 0.2) is 0 Å². The van der Waals surface area contributed by atoms with Crippen LogP contribution in [0.5, 0.6) is 0 Å². The number of sulfonamides is 1. The normalized spacial score (nSPS) is 15.1. The summed E-state index contributed by atoms with van der Waals surface area (Å²) in [6.45, 7) is 6.22. The van der Waals surface area contributed by atoms with Gasteiger partial charge in [-0.3, -0.25) is 14.4 Å². The standard InChI is InChI=1S/C20H24BrN3O4S/c1-15-5-6-18(21)19(13-15)23-29(26,27)17-4-2-3-16(14-17)20(25)22-7-8-24-9-11-28-12-10-24/h2-6,13-14,23H,7-12H2,1H3,(H,22,25). The van der Waals surface area contributed by atoms with Crippen LogP contribution in [-0.2, 0) is 14.8 Å². The highest BCUT2D eigenvalue weighted by Gasteiger charge is 2.18. The van der Waals surface area contributed by atoms with Gasteiger partial charge >= 0.3 is 0 Å². The van der Waals surface area contributed by atoms with Crippen LogP contribution in [0.3, 0.4) is 0 Å². The van der Waals surface area contributed by atoms with Crippen molar-refractivity contribution in [1.82, 2.24) is 10.2 Å². The molecule has 1 aliphatic rings. The molecule has 0 radical (unpaired) electrons. The van der Waals surface area contributed by atoms with E-state index in [4.69, 9.17) is 4.74 Å². The summed E-state index contributed by atoms with van der Waals surface area (Å²) in [4.78, 5) is 14.7. The molecule has 7 nitrogen and oxygen atoms in total. The van der Waals surface area contributed by atoms with Crippen LogP contribution in [0.15, 0.2) is 51.8 Å². The third-order valence-corrected chi connectivity index (χ3v) is 6.64. The van der Waals surface area contributed by atoms with Crippen LogP contribution in [0.25, 0.3) is 0 Å². The number of aryl methyl sites for hydroxylation is 1. The number of anilines is 1. The van der Waals surface area contributed by atoms with Crippen LogP contribution in [0.4, 0.5) is 5.69 Å². The predicted molar refractivity (Wildman–Crippen MR) is 116 cm³/mol. The molecule has 2 aromatic rings. The Morgan fingerprint density at radius 1 is 1.17 bits per heavy atom. The van der Waals surface area contributed by atoms with Crippen LogP contribution in [-0.4, -0.2) is 58.6 Å². The van der Waals surface area contributed by atoms with Gasteiger partial charge in [-0.05, 0) is 58.7 Å². The summed E-state index contributed by atoms with van der Waals surface area (Å²) < 4.78 is 34.1. The van der Waals surface area contributed by atoms with Gasteiger partial charge in [0.25, 0.3) is 15.9 Å². The zero-order valence-corrected chi connectivity index (χ0v) is 18.6. The van der Waals surface area contributed by atoms with Gasteiger partial charge in [-0.1, -0.05) is 12.1 Å². The first kappa shape index (κ1) is 21.8. The average Bonchev–Trinajstić information content (AvgIpc) is 2.71. The van der Waals surface area contributed by atoms with Gasteiger partial charge in [-0.2, -0.15) is 0 Å². The molecule has 0 spiro atoms. The summed E-state index contributed by atoms with van der Waals surface area (Å²) >= 11 is 3.35.